The molecule has 1 atom stereocenters. The molecule has 2 saturated heterocycles. The number of carbonyl (C=O) groups excluding carboxylic acids is 3. The highest BCUT2D eigenvalue weighted by atomic mass is 16.2. The van der Waals surface area contributed by atoms with E-state index in [0.29, 0.717) is 37.8 Å². The Morgan fingerprint density at radius 3 is 2.44 bits per heavy atom. The van der Waals surface area contributed by atoms with Gasteiger partial charge in [0.05, 0.1) is 13.0 Å². The maximum absolute atomic E-state index is 13.1. The third-order valence-electron chi connectivity index (χ3n) is 6.24. The Bertz CT molecular complexity index is 991. The SMILES string of the molecule is CCc1ccc(NC(=O)C[C@H]2C(=O)NCCN2C(=O)CN2CCN(c3ncccn3)CC2)cc1. The smallest absolute Gasteiger partial charge is 0.243 e. The van der Waals surface area contributed by atoms with E-state index in [1.807, 2.05) is 24.3 Å². The fourth-order valence-corrected chi connectivity index (χ4v) is 4.27. The molecule has 180 valence electrons. The third-order valence-corrected chi connectivity index (χ3v) is 6.24. The van der Waals surface area contributed by atoms with Crippen molar-refractivity contribution >= 4 is 29.4 Å². The molecule has 3 heterocycles. The van der Waals surface area contributed by atoms with Crippen molar-refractivity contribution in [3.8, 4) is 0 Å². The van der Waals surface area contributed by atoms with Crippen LogP contribution in [-0.2, 0) is 20.8 Å². The molecule has 1 aromatic carbocycles. The summed E-state index contributed by atoms with van der Waals surface area (Å²) in [6.07, 6.45) is 4.28. The van der Waals surface area contributed by atoms with Gasteiger partial charge in [-0.25, -0.2) is 9.97 Å². The van der Waals surface area contributed by atoms with E-state index in [1.54, 1.807) is 23.4 Å². The van der Waals surface area contributed by atoms with E-state index >= 15 is 0 Å². The van der Waals surface area contributed by atoms with Crippen molar-refractivity contribution in [2.45, 2.75) is 25.8 Å². The van der Waals surface area contributed by atoms with Crippen LogP contribution in [-0.4, -0.2) is 89.3 Å². The number of nitrogens with zero attached hydrogens (tertiary/aromatic N) is 5. The van der Waals surface area contributed by atoms with E-state index in [2.05, 4.69) is 37.3 Å². The molecule has 0 aliphatic carbocycles. The van der Waals surface area contributed by atoms with Crippen molar-refractivity contribution in [2.24, 2.45) is 0 Å². The molecule has 2 aliphatic rings. The Hall–Kier alpha value is -3.53. The second-order valence-electron chi connectivity index (χ2n) is 8.51. The van der Waals surface area contributed by atoms with E-state index in [4.69, 9.17) is 0 Å². The predicted octanol–water partition coefficient (Wildman–Crippen LogP) is 0.517. The Morgan fingerprint density at radius 2 is 1.76 bits per heavy atom. The summed E-state index contributed by atoms with van der Waals surface area (Å²) in [5.41, 5.74) is 1.86. The molecule has 1 aromatic heterocycles. The van der Waals surface area contributed by atoms with Crippen LogP contribution in [0.1, 0.15) is 18.9 Å². The third kappa shape index (κ3) is 5.88. The summed E-state index contributed by atoms with van der Waals surface area (Å²) in [5.74, 6) is -0.0244. The van der Waals surface area contributed by atoms with Crippen molar-refractivity contribution in [2.75, 3.05) is 56.0 Å². The van der Waals surface area contributed by atoms with Crippen molar-refractivity contribution < 1.29 is 14.4 Å². The van der Waals surface area contributed by atoms with Crippen LogP contribution in [0.5, 0.6) is 0 Å². The minimum absolute atomic E-state index is 0.0772. The molecule has 0 spiro atoms. The van der Waals surface area contributed by atoms with Gasteiger partial charge in [0.25, 0.3) is 0 Å². The van der Waals surface area contributed by atoms with Crippen LogP contribution in [0.2, 0.25) is 0 Å². The van der Waals surface area contributed by atoms with Gasteiger partial charge in [-0.3, -0.25) is 19.3 Å². The van der Waals surface area contributed by atoms with Crippen LogP contribution in [0.3, 0.4) is 0 Å². The molecule has 0 bridgehead atoms. The standard InChI is InChI=1S/C24H31N7O3/c1-2-18-4-6-19(7-5-18)28-21(32)16-20-23(34)25-10-11-31(20)22(33)17-29-12-14-30(15-13-29)24-26-8-3-9-27-24/h3-9,20H,2,10-17H2,1H3,(H,25,34)(H,28,32)/t20-/m0/s1. The lowest BCUT2D eigenvalue weighted by Crippen LogP contribution is -2.60. The molecule has 2 fully saturated rings. The van der Waals surface area contributed by atoms with Crippen LogP contribution < -0.4 is 15.5 Å². The average Bonchev–Trinajstić information content (AvgIpc) is 2.86. The fraction of sp³-hybridized carbons (Fsp3) is 0.458. The summed E-state index contributed by atoms with van der Waals surface area (Å²) < 4.78 is 0. The largest absolute Gasteiger partial charge is 0.353 e. The number of rotatable bonds is 7. The van der Waals surface area contributed by atoms with Crippen molar-refractivity contribution in [1.82, 2.24) is 25.1 Å². The summed E-state index contributed by atoms with van der Waals surface area (Å²) >= 11 is 0. The summed E-state index contributed by atoms with van der Waals surface area (Å²) in [6.45, 7) is 5.91. The summed E-state index contributed by atoms with van der Waals surface area (Å²) in [4.78, 5) is 52.6. The lowest BCUT2D eigenvalue weighted by Gasteiger charge is -2.38. The van der Waals surface area contributed by atoms with Crippen molar-refractivity contribution in [1.29, 1.82) is 0 Å². The lowest BCUT2D eigenvalue weighted by atomic mass is 10.1. The predicted molar refractivity (Wildman–Crippen MR) is 128 cm³/mol. The lowest BCUT2D eigenvalue weighted by molar-refractivity contribution is -0.145. The van der Waals surface area contributed by atoms with Crippen molar-refractivity contribution in [3.05, 3.63) is 48.3 Å². The molecule has 2 aromatic rings. The van der Waals surface area contributed by atoms with Crippen LogP contribution >= 0.6 is 0 Å². The molecular weight excluding hydrogens is 434 g/mol. The topological polar surface area (TPSA) is 111 Å². The van der Waals surface area contributed by atoms with Crippen molar-refractivity contribution in [3.63, 3.8) is 0 Å². The van der Waals surface area contributed by atoms with Gasteiger partial charge < -0.3 is 20.4 Å². The first-order valence-electron chi connectivity index (χ1n) is 11.7. The molecule has 34 heavy (non-hydrogen) atoms. The summed E-state index contributed by atoms with van der Waals surface area (Å²) in [6, 6.07) is 8.59. The number of benzene rings is 1. The average molecular weight is 466 g/mol. The monoisotopic (exact) mass is 465 g/mol. The Kier molecular flexibility index (Phi) is 7.69. The summed E-state index contributed by atoms with van der Waals surface area (Å²) in [7, 11) is 0. The number of carbonyl (C=O) groups is 3. The molecule has 10 nitrogen and oxygen atoms in total. The van der Waals surface area contributed by atoms with Gasteiger partial charge in [0.1, 0.15) is 6.04 Å². The maximum atomic E-state index is 13.1. The van der Waals surface area contributed by atoms with E-state index in [9.17, 15) is 14.4 Å². The van der Waals surface area contributed by atoms with Gasteiger partial charge in [-0.2, -0.15) is 0 Å². The number of hydrogen-bond donors (Lipinski definition) is 2. The van der Waals surface area contributed by atoms with Gasteiger partial charge in [-0.05, 0) is 30.2 Å². The highest BCUT2D eigenvalue weighted by Crippen LogP contribution is 2.15. The zero-order valence-corrected chi connectivity index (χ0v) is 19.4. The fourth-order valence-electron chi connectivity index (χ4n) is 4.27. The normalized spacial score (nSPS) is 19.0. The van der Waals surface area contributed by atoms with Gasteiger partial charge in [0.15, 0.2) is 0 Å². The number of piperazine rings is 2. The van der Waals surface area contributed by atoms with E-state index in [0.717, 1.165) is 19.5 Å². The van der Waals surface area contributed by atoms with E-state index < -0.39 is 6.04 Å². The molecule has 10 heteroatoms. The molecular formula is C24H31N7O3. The quantitative estimate of drug-likeness (QED) is 0.613. The van der Waals surface area contributed by atoms with Crippen LogP contribution in [0, 0.1) is 0 Å². The van der Waals surface area contributed by atoms with Gasteiger partial charge in [-0.15, -0.1) is 0 Å². The second-order valence-corrected chi connectivity index (χ2v) is 8.51. The molecule has 0 unspecified atom stereocenters. The van der Waals surface area contributed by atoms with Gasteiger partial charge in [0, 0.05) is 57.3 Å². The number of nitrogens with one attached hydrogen (secondary N) is 2. The van der Waals surface area contributed by atoms with Crippen LogP contribution in [0.25, 0.3) is 0 Å². The number of aryl methyl sites for hydroxylation is 1. The number of amides is 3. The first-order valence-corrected chi connectivity index (χ1v) is 11.7. The Labute approximate surface area is 199 Å². The number of hydrogen-bond acceptors (Lipinski definition) is 7. The Morgan fingerprint density at radius 1 is 1.06 bits per heavy atom. The molecule has 2 N–H and O–H groups in total. The molecule has 2 aliphatic heterocycles. The van der Waals surface area contributed by atoms with Gasteiger partial charge in [-0.1, -0.05) is 19.1 Å². The number of aromatic nitrogens is 2. The minimum atomic E-state index is -0.810. The van der Waals surface area contributed by atoms with Gasteiger partial charge >= 0.3 is 0 Å². The minimum Gasteiger partial charge on any atom is -0.353 e. The molecule has 0 saturated carbocycles. The zero-order chi connectivity index (χ0) is 23.9. The number of anilines is 2. The van der Waals surface area contributed by atoms with Crippen LogP contribution in [0.4, 0.5) is 11.6 Å². The highest BCUT2D eigenvalue weighted by molar-refractivity contribution is 5.97. The highest BCUT2D eigenvalue weighted by Gasteiger charge is 2.35. The first-order chi connectivity index (χ1) is 16.5. The first kappa shape index (κ1) is 23.6. The molecule has 0 radical (unpaired) electrons. The zero-order valence-electron chi connectivity index (χ0n) is 19.4. The Balaban J connectivity index is 1.31. The molecule has 3 amide bonds. The maximum Gasteiger partial charge on any atom is 0.243 e. The van der Waals surface area contributed by atoms with E-state index in [1.165, 1.54) is 5.56 Å². The second kappa shape index (κ2) is 11.1. The van der Waals surface area contributed by atoms with Gasteiger partial charge in [0.2, 0.25) is 23.7 Å². The van der Waals surface area contributed by atoms with E-state index in [-0.39, 0.29) is 30.7 Å². The molecule has 4 rings (SSSR count). The summed E-state index contributed by atoms with van der Waals surface area (Å²) in [5, 5.41) is 5.62. The van der Waals surface area contributed by atoms with Crippen LogP contribution in [0.15, 0.2) is 42.7 Å².